The number of rotatable bonds is 6. The third kappa shape index (κ3) is 5.33. The van der Waals surface area contributed by atoms with Gasteiger partial charge in [0.15, 0.2) is 6.61 Å². The van der Waals surface area contributed by atoms with Crippen molar-refractivity contribution in [2.24, 2.45) is 0 Å². The molecule has 1 rings (SSSR count). The fourth-order valence-corrected chi connectivity index (χ4v) is 1.60. The van der Waals surface area contributed by atoms with Gasteiger partial charge < -0.3 is 10.1 Å². The first-order valence-corrected chi connectivity index (χ1v) is 6.88. The van der Waals surface area contributed by atoms with Gasteiger partial charge in [0.1, 0.15) is 5.75 Å². The molecule has 0 fully saturated rings. The molecule has 0 radical (unpaired) electrons. The number of benzene rings is 1. The van der Waals surface area contributed by atoms with E-state index in [0.717, 1.165) is 12.2 Å². The van der Waals surface area contributed by atoms with E-state index in [2.05, 4.69) is 19.2 Å². The molecule has 0 saturated carbocycles. The summed E-state index contributed by atoms with van der Waals surface area (Å²) < 4.78 is 5.48. The highest BCUT2D eigenvalue weighted by molar-refractivity contribution is 5.78. The number of amides is 1. The number of hydrogen-bond acceptors (Lipinski definition) is 2. The Kier molecular flexibility index (Phi) is 5.40. The van der Waals surface area contributed by atoms with Crippen LogP contribution in [0.25, 0.3) is 0 Å². The summed E-state index contributed by atoms with van der Waals surface area (Å²) in [4.78, 5) is 11.7. The number of nitrogens with one attached hydrogen (secondary N) is 1. The summed E-state index contributed by atoms with van der Waals surface area (Å²) in [5, 5.41) is 2.94. The van der Waals surface area contributed by atoms with E-state index in [-0.39, 0.29) is 18.1 Å². The predicted octanol–water partition coefficient (Wildman–Crippen LogP) is 3.49. The first kappa shape index (κ1) is 15.5. The van der Waals surface area contributed by atoms with Gasteiger partial charge in [-0.05, 0) is 43.9 Å². The maximum absolute atomic E-state index is 11.7. The van der Waals surface area contributed by atoms with Crippen LogP contribution in [-0.4, -0.2) is 18.1 Å². The van der Waals surface area contributed by atoms with E-state index in [1.54, 1.807) is 0 Å². The second kappa shape index (κ2) is 6.60. The lowest BCUT2D eigenvalue weighted by molar-refractivity contribution is -0.124. The van der Waals surface area contributed by atoms with Gasteiger partial charge in [0.25, 0.3) is 5.91 Å². The molecule has 0 aliphatic heterocycles. The van der Waals surface area contributed by atoms with Gasteiger partial charge in [-0.25, -0.2) is 0 Å². The Bertz CT molecular complexity index is 407. The molecule has 19 heavy (non-hydrogen) atoms. The number of carbonyl (C=O) groups is 1. The van der Waals surface area contributed by atoms with E-state index < -0.39 is 0 Å². The molecular weight excluding hydrogens is 238 g/mol. The summed E-state index contributed by atoms with van der Waals surface area (Å²) >= 11 is 0. The fraction of sp³-hybridized carbons (Fsp3) is 0.562. The van der Waals surface area contributed by atoms with Crippen molar-refractivity contribution in [1.82, 2.24) is 5.32 Å². The number of ether oxygens (including phenoxy) is 1. The van der Waals surface area contributed by atoms with Crippen molar-refractivity contribution in [1.29, 1.82) is 0 Å². The number of carbonyl (C=O) groups excluding carboxylic acids is 1. The molecule has 3 heteroatoms. The fourth-order valence-electron chi connectivity index (χ4n) is 1.60. The Balaban J connectivity index is 2.46. The van der Waals surface area contributed by atoms with Crippen LogP contribution < -0.4 is 10.1 Å². The van der Waals surface area contributed by atoms with Crippen LogP contribution in [0.4, 0.5) is 0 Å². The average Bonchev–Trinajstić information content (AvgIpc) is 2.36. The van der Waals surface area contributed by atoms with Crippen LogP contribution in [0.5, 0.6) is 5.75 Å². The average molecular weight is 263 g/mol. The summed E-state index contributed by atoms with van der Waals surface area (Å²) in [6.45, 7) is 10.4. The molecule has 0 saturated heterocycles. The van der Waals surface area contributed by atoms with Gasteiger partial charge in [-0.1, -0.05) is 32.9 Å². The van der Waals surface area contributed by atoms with Gasteiger partial charge in [-0.3, -0.25) is 4.79 Å². The van der Waals surface area contributed by atoms with Crippen molar-refractivity contribution in [2.75, 3.05) is 6.61 Å². The summed E-state index contributed by atoms with van der Waals surface area (Å²) in [6.07, 6.45) is 0.891. The third-order valence-electron chi connectivity index (χ3n) is 3.28. The zero-order valence-electron chi connectivity index (χ0n) is 12.6. The Labute approximate surface area is 116 Å². The summed E-state index contributed by atoms with van der Waals surface area (Å²) in [5.41, 5.74) is 1.09. The SMILES string of the molecule is CCC(C)(C)NC(=O)COc1ccc(C(C)C)cc1. The molecule has 0 spiro atoms. The van der Waals surface area contributed by atoms with Crippen LogP contribution in [-0.2, 0) is 4.79 Å². The van der Waals surface area contributed by atoms with Crippen molar-refractivity contribution in [3.05, 3.63) is 29.8 Å². The van der Waals surface area contributed by atoms with Gasteiger partial charge in [-0.2, -0.15) is 0 Å². The van der Waals surface area contributed by atoms with Crippen molar-refractivity contribution in [2.45, 2.75) is 52.5 Å². The molecule has 1 N–H and O–H groups in total. The van der Waals surface area contributed by atoms with E-state index in [4.69, 9.17) is 4.74 Å². The van der Waals surface area contributed by atoms with Crippen LogP contribution in [0.2, 0.25) is 0 Å². The highest BCUT2D eigenvalue weighted by Crippen LogP contribution is 2.18. The van der Waals surface area contributed by atoms with Gasteiger partial charge >= 0.3 is 0 Å². The Hall–Kier alpha value is -1.51. The topological polar surface area (TPSA) is 38.3 Å². The minimum atomic E-state index is -0.179. The molecule has 106 valence electrons. The van der Waals surface area contributed by atoms with E-state index in [9.17, 15) is 4.79 Å². The minimum Gasteiger partial charge on any atom is -0.484 e. The van der Waals surface area contributed by atoms with Gasteiger partial charge in [0, 0.05) is 5.54 Å². The van der Waals surface area contributed by atoms with E-state index in [1.807, 2.05) is 45.0 Å². The van der Waals surface area contributed by atoms with Crippen molar-refractivity contribution in [3.63, 3.8) is 0 Å². The molecule has 3 nitrogen and oxygen atoms in total. The monoisotopic (exact) mass is 263 g/mol. The highest BCUT2D eigenvalue weighted by atomic mass is 16.5. The lowest BCUT2D eigenvalue weighted by Gasteiger charge is -2.24. The molecular formula is C16H25NO2. The predicted molar refractivity (Wildman–Crippen MR) is 78.5 cm³/mol. The standard InChI is InChI=1S/C16H25NO2/c1-6-16(4,5)17-15(18)11-19-14-9-7-13(8-10-14)12(2)3/h7-10,12H,6,11H2,1-5H3,(H,17,18). The smallest absolute Gasteiger partial charge is 0.258 e. The first-order valence-electron chi connectivity index (χ1n) is 6.88. The second-order valence-electron chi connectivity index (χ2n) is 5.80. The van der Waals surface area contributed by atoms with E-state index in [1.165, 1.54) is 5.56 Å². The van der Waals surface area contributed by atoms with Crippen LogP contribution in [0.15, 0.2) is 24.3 Å². The molecule has 0 atom stereocenters. The summed E-state index contributed by atoms with van der Waals surface area (Å²) in [7, 11) is 0. The van der Waals surface area contributed by atoms with Crippen molar-refractivity contribution >= 4 is 5.91 Å². The normalized spacial score (nSPS) is 11.5. The summed E-state index contributed by atoms with van der Waals surface area (Å²) in [5.74, 6) is 1.15. The molecule has 1 aromatic carbocycles. The van der Waals surface area contributed by atoms with E-state index in [0.29, 0.717) is 5.92 Å². The molecule has 1 amide bonds. The van der Waals surface area contributed by atoms with Crippen LogP contribution in [0.3, 0.4) is 0 Å². The molecule has 0 unspecified atom stereocenters. The Morgan fingerprint density at radius 2 is 1.84 bits per heavy atom. The van der Waals surface area contributed by atoms with Gasteiger partial charge in [-0.15, -0.1) is 0 Å². The van der Waals surface area contributed by atoms with Crippen molar-refractivity contribution in [3.8, 4) is 5.75 Å². The zero-order valence-corrected chi connectivity index (χ0v) is 12.6. The molecule has 1 aromatic rings. The third-order valence-corrected chi connectivity index (χ3v) is 3.28. The lowest BCUT2D eigenvalue weighted by Crippen LogP contribution is -2.44. The minimum absolute atomic E-state index is 0.0600. The maximum atomic E-state index is 11.7. The molecule has 0 aromatic heterocycles. The quantitative estimate of drug-likeness (QED) is 0.853. The second-order valence-corrected chi connectivity index (χ2v) is 5.80. The summed E-state index contributed by atoms with van der Waals surface area (Å²) in [6, 6.07) is 7.89. The first-order chi connectivity index (χ1) is 8.84. The number of hydrogen-bond donors (Lipinski definition) is 1. The van der Waals surface area contributed by atoms with Gasteiger partial charge in [0.05, 0.1) is 0 Å². The lowest BCUT2D eigenvalue weighted by atomic mass is 10.0. The zero-order chi connectivity index (χ0) is 14.5. The largest absolute Gasteiger partial charge is 0.484 e. The van der Waals surface area contributed by atoms with Crippen LogP contribution in [0.1, 0.15) is 52.5 Å². The molecule has 0 bridgehead atoms. The molecule has 0 heterocycles. The van der Waals surface area contributed by atoms with Crippen LogP contribution in [0, 0.1) is 0 Å². The van der Waals surface area contributed by atoms with Gasteiger partial charge in [0.2, 0.25) is 0 Å². The highest BCUT2D eigenvalue weighted by Gasteiger charge is 2.17. The van der Waals surface area contributed by atoms with Crippen LogP contribution >= 0.6 is 0 Å². The van der Waals surface area contributed by atoms with E-state index >= 15 is 0 Å². The van der Waals surface area contributed by atoms with Crippen molar-refractivity contribution < 1.29 is 9.53 Å². The molecule has 0 aliphatic rings. The Morgan fingerprint density at radius 3 is 2.32 bits per heavy atom. The Morgan fingerprint density at radius 1 is 1.26 bits per heavy atom. The molecule has 0 aliphatic carbocycles. The maximum Gasteiger partial charge on any atom is 0.258 e.